The van der Waals surface area contributed by atoms with Gasteiger partial charge in [-0.15, -0.1) is 0 Å². The van der Waals surface area contributed by atoms with Crippen LogP contribution in [0.3, 0.4) is 0 Å². The molecule has 5 heteroatoms. The molecule has 0 heterocycles. The lowest BCUT2D eigenvalue weighted by molar-refractivity contribution is -0.142. The van der Waals surface area contributed by atoms with Crippen LogP contribution in [0.1, 0.15) is 16.8 Å². The molecule has 0 aromatic heterocycles. The molecule has 1 unspecified atom stereocenters. The van der Waals surface area contributed by atoms with Crippen molar-refractivity contribution in [2.45, 2.75) is 12.5 Å². The molecule has 0 saturated carbocycles. The topological polar surface area (TPSA) is 55.4 Å². The van der Waals surface area contributed by atoms with Crippen molar-refractivity contribution in [2.24, 2.45) is 0 Å². The molecule has 0 aliphatic carbocycles. The predicted octanol–water partition coefficient (Wildman–Crippen LogP) is 3.38. The Balaban J connectivity index is 2.24. The minimum atomic E-state index is -0.640. The van der Waals surface area contributed by atoms with Crippen molar-refractivity contribution in [3.05, 3.63) is 60.2 Å². The van der Waals surface area contributed by atoms with Crippen LogP contribution in [0.15, 0.2) is 54.6 Å². The summed E-state index contributed by atoms with van der Waals surface area (Å²) in [6.07, 6.45) is 2.49. The first kappa shape index (κ1) is 18.1. The first-order valence-electron chi connectivity index (χ1n) is 7.69. The van der Waals surface area contributed by atoms with Gasteiger partial charge in [0.05, 0.1) is 7.11 Å². The molecule has 1 amide bonds. The van der Waals surface area contributed by atoms with Crippen molar-refractivity contribution < 1.29 is 14.3 Å². The lowest BCUT2D eigenvalue weighted by atomic mass is 9.99. The normalized spacial score (nSPS) is 11.6. The number of hydrogen-bond acceptors (Lipinski definition) is 4. The molecule has 0 aliphatic heterocycles. The minimum Gasteiger partial charge on any atom is -0.467 e. The lowest BCUT2D eigenvalue weighted by Crippen LogP contribution is -2.42. The standard InChI is InChI=1S/C19H21NO3S/c1-23-19(22)17(12-13-24-2)20-18(21)16-11-7-6-10-15(16)14-8-4-3-5-9-14/h3-11,17H,12-13H2,1-2H3,(H,20,21). The fourth-order valence-corrected chi connectivity index (χ4v) is 2.88. The summed E-state index contributed by atoms with van der Waals surface area (Å²) in [5.74, 6) is 0.0703. The molecule has 2 aromatic carbocycles. The average Bonchev–Trinajstić information content (AvgIpc) is 2.65. The summed E-state index contributed by atoms with van der Waals surface area (Å²) in [6, 6.07) is 16.4. The Labute approximate surface area is 146 Å². The van der Waals surface area contributed by atoms with Gasteiger partial charge in [-0.1, -0.05) is 48.5 Å². The van der Waals surface area contributed by atoms with Gasteiger partial charge in [-0.25, -0.2) is 4.79 Å². The van der Waals surface area contributed by atoms with Gasteiger partial charge in [0, 0.05) is 5.56 Å². The van der Waals surface area contributed by atoms with E-state index in [0.29, 0.717) is 12.0 Å². The van der Waals surface area contributed by atoms with E-state index in [1.54, 1.807) is 17.8 Å². The van der Waals surface area contributed by atoms with Crippen molar-refractivity contribution in [2.75, 3.05) is 19.1 Å². The Bertz CT molecular complexity index is 688. The Hall–Kier alpha value is -2.27. The van der Waals surface area contributed by atoms with Crippen LogP contribution in [0.4, 0.5) is 0 Å². The first-order valence-corrected chi connectivity index (χ1v) is 9.09. The number of carbonyl (C=O) groups excluding carboxylic acids is 2. The highest BCUT2D eigenvalue weighted by atomic mass is 32.2. The molecule has 1 N–H and O–H groups in total. The van der Waals surface area contributed by atoms with E-state index in [1.165, 1.54) is 7.11 Å². The molecule has 2 aromatic rings. The van der Waals surface area contributed by atoms with Crippen LogP contribution >= 0.6 is 11.8 Å². The van der Waals surface area contributed by atoms with E-state index in [-0.39, 0.29) is 5.91 Å². The van der Waals surface area contributed by atoms with Crippen LogP contribution < -0.4 is 5.32 Å². The number of rotatable bonds is 7. The molecule has 0 aliphatic rings. The van der Waals surface area contributed by atoms with Crippen molar-refractivity contribution >= 4 is 23.6 Å². The number of thioether (sulfide) groups is 1. The second-order valence-corrected chi connectivity index (χ2v) is 6.23. The van der Waals surface area contributed by atoms with Gasteiger partial charge >= 0.3 is 5.97 Å². The summed E-state index contributed by atoms with van der Waals surface area (Å²) in [4.78, 5) is 24.6. The SMILES string of the molecule is COC(=O)C(CCSC)NC(=O)c1ccccc1-c1ccccc1. The molecular weight excluding hydrogens is 322 g/mol. The summed E-state index contributed by atoms with van der Waals surface area (Å²) in [5.41, 5.74) is 2.34. The highest BCUT2D eigenvalue weighted by molar-refractivity contribution is 7.98. The fourth-order valence-electron chi connectivity index (χ4n) is 2.41. The van der Waals surface area contributed by atoms with E-state index >= 15 is 0 Å². The van der Waals surface area contributed by atoms with Gasteiger partial charge in [-0.2, -0.15) is 11.8 Å². The van der Waals surface area contributed by atoms with Gasteiger partial charge in [0.15, 0.2) is 0 Å². The van der Waals surface area contributed by atoms with Crippen molar-refractivity contribution in [3.63, 3.8) is 0 Å². The van der Waals surface area contributed by atoms with Crippen LogP contribution in [0.5, 0.6) is 0 Å². The largest absolute Gasteiger partial charge is 0.467 e. The van der Waals surface area contributed by atoms with Crippen LogP contribution in [0.25, 0.3) is 11.1 Å². The number of amides is 1. The number of benzene rings is 2. The zero-order valence-electron chi connectivity index (χ0n) is 13.8. The second-order valence-electron chi connectivity index (χ2n) is 5.24. The first-order chi connectivity index (χ1) is 11.7. The molecule has 0 bridgehead atoms. The summed E-state index contributed by atoms with van der Waals surface area (Å²) < 4.78 is 4.80. The van der Waals surface area contributed by atoms with Gasteiger partial charge in [0.25, 0.3) is 5.91 Å². The Kier molecular flexibility index (Phi) is 6.88. The minimum absolute atomic E-state index is 0.272. The van der Waals surface area contributed by atoms with Crippen LogP contribution in [0.2, 0.25) is 0 Å². The Morgan fingerprint density at radius 1 is 1.08 bits per heavy atom. The van der Waals surface area contributed by atoms with Crippen molar-refractivity contribution in [1.29, 1.82) is 0 Å². The number of ether oxygens (including phenoxy) is 1. The van der Waals surface area contributed by atoms with E-state index < -0.39 is 12.0 Å². The highest BCUT2D eigenvalue weighted by Crippen LogP contribution is 2.23. The Morgan fingerprint density at radius 2 is 1.75 bits per heavy atom. The maximum Gasteiger partial charge on any atom is 0.328 e. The highest BCUT2D eigenvalue weighted by Gasteiger charge is 2.23. The van der Waals surface area contributed by atoms with Crippen LogP contribution in [0, 0.1) is 0 Å². The van der Waals surface area contributed by atoms with E-state index in [1.807, 2.05) is 54.8 Å². The number of methoxy groups -OCH3 is 1. The van der Waals surface area contributed by atoms with Gasteiger partial charge in [0.1, 0.15) is 6.04 Å². The van der Waals surface area contributed by atoms with E-state index in [2.05, 4.69) is 5.32 Å². The predicted molar refractivity (Wildman–Crippen MR) is 98.1 cm³/mol. The molecule has 1 atom stereocenters. The van der Waals surface area contributed by atoms with Crippen LogP contribution in [-0.2, 0) is 9.53 Å². The summed E-state index contributed by atoms with van der Waals surface area (Å²) in [6.45, 7) is 0. The molecule has 126 valence electrons. The van der Waals surface area contributed by atoms with Gasteiger partial charge in [0.2, 0.25) is 0 Å². The molecule has 0 saturated heterocycles. The zero-order valence-corrected chi connectivity index (χ0v) is 14.6. The third-order valence-electron chi connectivity index (χ3n) is 3.66. The molecule has 4 nitrogen and oxygen atoms in total. The van der Waals surface area contributed by atoms with Gasteiger partial charge in [-0.05, 0) is 35.6 Å². The lowest BCUT2D eigenvalue weighted by Gasteiger charge is -2.17. The number of hydrogen-bond donors (Lipinski definition) is 1. The van der Waals surface area contributed by atoms with Crippen LogP contribution in [-0.4, -0.2) is 37.0 Å². The van der Waals surface area contributed by atoms with E-state index in [0.717, 1.165) is 16.9 Å². The van der Waals surface area contributed by atoms with Crippen molar-refractivity contribution in [1.82, 2.24) is 5.32 Å². The third-order valence-corrected chi connectivity index (χ3v) is 4.30. The monoisotopic (exact) mass is 343 g/mol. The van der Waals surface area contributed by atoms with Crippen molar-refractivity contribution in [3.8, 4) is 11.1 Å². The van der Waals surface area contributed by atoms with Gasteiger partial charge < -0.3 is 10.1 Å². The quantitative estimate of drug-likeness (QED) is 0.783. The maximum atomic E-state index is 12.7. The smallest absolute Gasteiger partial charge is 0.328 e. The van der Waals surface area contributed by atoms with E-state index in [9.17, 15) is 9.59 Å². The molecule has 0 radical (unpaired) electrons. The third kappa shape index (κ3) is 4.61. The summed E-state index contributed by atoms with van der Waals surface area (Å²) in [7, 11) is 1.33. The Morgan fingerprint density at radius 3 is 2.42 bits per heavy atom. The zero-order chi connectivity index (χ0) is 17.4. The fraction of sp³-hybridized carbons (Fsp3) is 0.263. The van der Waals surface area contributed by atoms with Gasteiger partial charge in [-0.3, -0.25) is 4.79 Å². The molecule has 2 rings (SSSR count). The average molecular weight is 343 g/mol. The maximum absolute atomic E-state index is 12.7. The molecular formula is C19H21NO3S. The molecule has 0 spiro atoms. The number of carbonyl (C=O) groups is 2. The number of esters is 1. The summed E-state index contributed by atoms with van der Waals surface area (Å²) >= 11 is 1.62. The number of nitrogens with one attached hydrogen (secondary N) is 1. The second kappa shape index (κ2) is 9.13. The summed E-state index contributed by atoms with van der Waals surface area (Å²) in [5, 5.41) is 2.80. The molecule has 24 heavy (non-hydrogen) atoms. The van der Waals surface area contributed by atoms with E-state index in [4.69, 9.17) is 4.74 Å². The molecule has 0 fully saturated rings.